The molecule has 1 N–H and O–H groups in total. The highest BCUT2D eigenvalue weighted by Crippen LogP contribution is 2.16. The van der Waals surface area contributed by atoms with Crippen molar-refractivity contribution in [3.8, 4) is 0 Å². The maximum absolute atomic E-state index is 12.1. The van der Waals surface area contributed by atoms with Crippen LogP contribution in [0.2, 0.25) is 0 Å². The van der Waals surface area contributed by atoms with Gasteiger partial charge in [0.25, 0.3) is 0 Å². The highest BCUT2D eigenvalue weighted by molar-refractivity contribution is 7.98. The van der Waals surface area contributed by atoms with Gasteiger partial charge in [-0.3, -0.25) is 0 Å². The van der Waals surface area contributed by atoms with Crippen molar-refractivity contribution in [3.05, 3.63) is 29.8 Å². The van der Waals surface area contributed by atoms with Crippen LogP contribution in [0.25, 0.3) is 0 Å². The third-order valence-electron chi connectivity index (χ3n) is 3.99. The van der Waals surface area contributed by atoms with E-state index in [0.29, 0.717) is 19.1 Å². The van der Waals surface area contributed by atoms with Gasteiger partial charge in [0.1, 0.15) is 0 Å². The standard InChI is InChI=1S/C17H29N3OS/c1-6-19(3)14(2)10-11-18-17(21)20(4)13-15-8-7-9-16(12-15)22-5/h7-9,12,14H,6,10-11,13H2,1-5H3,(H,18,21)/t14-/m0/s1. The Bertz CT molecular complexity index is 467. The van der Waals surface area contributed by atoms with Crippen molar-refractivity contribution in [2.75, 3.05) is 33.4 Å². The first kappa shape index (κ1) is 18.8. The van der Waals surface area contributed by atoms with E-state index >= 15 is 0 Å². The number of urea groups is 1. The van der Waals surface area contributed by atoms with Gasteiger partial charge in [0.15, 0.2) is 0 Å². The van der Waals surface area contributed by atoms with Crippen LogP contribution in [0.1, 0.15) is 25.8 Å². The topological polar surface area (TPSA) is 35.6 Å². The maximum Gasteiger partial charge on any atom is 0.317 e. The van der Waals surface area contributed by atoms with Gasteiger partial charge in [0.2, 0.25) is 0 Å². The first-order valence-electron chi connectivity index (χ1n) is 7.80. The Morgan fingerprint density at radius 1 is 1.36 bits per heavy atom. The number of carbonyl (C=O) groups is 1. The van der Waals surface area contributed by atoms with E-state index in [1.54, 1.807) is 16.7 Å². The molecule has 5 heteroatoms. The van der Waals surface area contributed by atoms with Gasteiger partial charge in [-0.2, -0.15) is 0 Å². The Morgan fingerprint density at radius 2 is 2.09 bits per heavy atom. The fraction of sp³-hybridized carbons (Fsp3) is 0.588. The summed E-state index contributed by atoms with van der Waals surface area (Å²) in [6, 6.07) is 8.78. The zero-order valence-electron chi connectivity index (χ0n) is 14.4. The molecule has 4 nitrogen and oxygen atoms in total. The minimum atomic E-state index is -0.0130. The maximum atomic E-state index is 12.1. The van der Waals surface area contributed by atoms with E-state index in [4.69, 9.17) is 0 Å². The molecular weight excluding hydrogens is 294 g/mol. The van der Waals surface area contributed by atoms with Gasteiger partial charge >= 0.3 is 6.03 Å². The lowest BCUT2D eigenvalue weighted by Crippen LogP contribution is -2.39. The van der Waals surface area contributed by atoms with Crippen molar-refractivity contribution >= 4 is 17.8 Å². The lowest BCUT2D eigenvalue weighted by Gasteiger charge is -2.24. The quantitative estimate of drug-likeness (QED) is 0.746. The van der Waals surface area contributed by atoms with Gasteiger partial charge < -0.3 is 15.1 Å². The summed E-state index contributed by atoms with van der Waals surface area (Å²) in [5.74, 6) is 0. The second kappa shape index (κ2) is 9.74. The normalized spacial score (nSPS) is 12.3. The van der Waals surface area contributed by atoms with Gasteiger partial charge in [-0.05, 0) is 50.9 Å². The van der Waals surface area contributed by atoms with Crippen LogP contribution < -0.4 is 5.32 Å². The summed E-state index contributed by atoms with van der Waals surface area (Å²) < 4.78 is 0. The summed E-state index contributed by atoms with van der Waals surface area (Å²) >= 11 is 1.72. The summed E-state index contributed by atoms with van der Waals surface area (Å²) in [5.41, 5.74) is 1.16. The van der Waals surface area contributed by atoms with Gasteiger partial charge in [0, 0.05) is 31.1 Å². The van der Waals surface area contributed by atoms with Crippen LogP contribution >= 0.6 is 11.8 Å². The van der Waals surface area contributed by atoms with Gasteiger partial charge in [0.05, 0.1) is 0 Å². The molecule has 0 aliphatic heterocycles. The van der Waals surface area contributed by atoms with E-state index in [0.717, 1.165) is 18.5 Å². The molecule has 1 rings (SSSR count). The van der Waals surface area contributed by atoms with E-state index in [1.807, 2.05) is 13.1 Å². The smallest absolute Gasteiger partial charge is 0.317 e. The fourth-order valence-electron chi connectivity index (χ4n) is 2.17. The van der Waals surface area contributed by atoms with Crippen molar-refractivity contribution in [2.45, 2.75) is 37.8 Å². The van der Waals surface area contributed by atoms with Gasteiger partial charge in [-0.15, -0.1) is 11.8 Å². The molecule has 0 fully saturated rings. The second-order valence-corrected chi connectivity index (χ2v) is 6.53. The zero-order chi connectivity index (χ0) is 16.5. The molecular formula is C17H29N3OS. The molecule has 0 bridgehead atoms. The average Bonchev–Trinajstić information content (AvgIpc) is 2.53. The Hall–Kier alpha value is -1.20. The van der Waals surface area contributed by atoms with E-state index in [1.165, 1.54) is 4.90 Å². The van der Waals surface area contributed by atoms with Crippen molar-refractivity contribution in [1.82, 2.24) is 15.1 Å². The van der Waals surface area contributed by atoms with Crippen LogP contribution in [0.15, 0.2) is 29.2 Å². The highest BCUT2D eigenvalue weighted by Gasteiger charge is 2.11. The molecule has 0 saturated carbocycles. The number of thioether (sulfide) groups is 1. The molecule has 0 aliphatic rings. The number of amides is 2. The molecule has 1 atom stereocenters. The Kier molecular flexibility index (Phi) is 8.35. The molecule has 0 spiro atoms. The number of benzene rings is 1. The first-order chi connectivity index (χ1) is 10.5. The number of rotatable bonds is 8. The largest absolute Gasteiger partial charge is 0.338 e. The number of hydrogen-bond donors (Lipinski definition) is 1. The monoisotopic (exact) mass is 323 g/mol. The van der Waals surface area contributed by atoms with Crippen LogP contribution in [0.3, 0.4) is 0 Å². The van der Waals surface area contributed by atoms with E-state index < -0.39 is 0 Å². The van der Waals surface area contributed by atoms with Crippen molar-refractivity contribution in [3.63, 3.8) is 0 Å². The molecule has 0 radical (unpaired) electrons. The molecule has 0 saturated heterocycles. The van der Waals surface area contributed by atoms with Crippen LogP contribution in [0, 0.1) is 0 Å². The molecule has 1 aromatic carbocycles. The third-order valence-corrected chi connectivity index (χ3v) is 4.72. The van der Waals surface area contributed by atoms with Crippen molar-refractivity contribution in [2.24, 2.45) is 0 Å². The first-order valence-corrected chi connectivity index (χ1v) is 9.02. The van der Waals surface area contributed by atoms with Crippen molar-refractivity contribution < 1.29 is 4.79 Å². The van der Waals surface area contributed by atoms with E-state index in [-0.39, 0.29) is 6.03 Å². The summed E-state index contributed by atoms with van der Waals surface area (Å²) in [4.78, 5) is 17.4. The summed E-state index contributed by atoms with van der Waals surface area (Å²) in [7, 11) is 3.94. The summed E-state index contributed by atoms with van der Waals surface area (Å²) in [5, 5.41) is 3.00. The Labute approximate surface area is 139 Å². The number of nitrogens with zero attached hydrogens (tertiary/aromatic N) is 2. The van der Waals surface area contributed by atoms with Crippen molar-refractivity contribution in [1.29, 1.82) is 0 Å². The van der Waals surface area contributed by atoms with Crippen LogP contribution in [-0.4, -0.2) is 55.3 Å². The molecule has 2 amide bonds. The Balaban J connectivity index is 2.38. The van der Waals surface area contributed by atoms with Crippen LogP contribution in [0.5, 0.6) is 0 Å². The molecule has 124 valence electrons. The van der Waals surface area contributed by atoms with E-state index in [2.05, 4.69) is 55.6 Å². The Morgan fingerprint density at radius 3 is 2.73 bits per heavy atom. The summed E-state index contributed by atoms with van der Waals surface area (Å²) in [6.07, 6.45) is 3.02. The molecule has 0 aliphatic carbocycles. The number of carbonyl (C=O) groups excluding carboxylic acids is 1. The van der Waals surface area contributed by atoms with Crippen LogP contribution in [0.4, 0.5) is 4.79 Å². The minimum absolute atomic E-state index is 0.0130. The molecule has 0 unspecified atom stereocenters. The third kappa shape index (κ3) is 6.28. The van der Waals surface area contributed by atoms with Gasteiger partial charge in [-0.1, -0.05) is 19.1 Å². The average molecular weight is 324 g/mol. The highest BCUT2D eigenvalue weighted by atomic mass is 32.2. The fourth-order valence-corrected chi connectivity index (χ4v) is 2.66. The summed E-state index contributed by atoms with van der Waals surface area (Å²) in [6.45, 7) is 6.70. The lowest BCUT2D eigenvalue weighted by atomic mass is 10.2. The molecule has 0 heterocycles. The molecule has 22 heavy (non-hydrogen) atoms. The number of hydrogen-bond acceptors (Lipinski definition) is 3. The predicted molar refractivity (Wildman–Crippen MR) is 95.5 cm³/mol. The second-order valence-electron chi connectivity index (χ2n) is 5.65. The zero-order valence-corrected chi connectivity index (χ0v) is 15.2. The van der Waals surface area contributed by atoms with Gasteiger partial charge in [-0.25, -0.2) is 4.79 Å². The SMILES string of the molecule is CCN(C)[C@@H](C)CCNC(=O)N(C)Cc1cccc(SC)c1. The minimum Gasteiger partial charge on any atom is -0.338 e. The molecule has 0 aromatic heterocycles. The predicted octanol–water partition coefficient (Wildman–Crippen LogP) is 3.28. The number of nitrogens with one attached hydrogen (secondary N) is 1. The molecule has 1 aromatic rings. The lowest BCUT2D eigenvalue weighted by molar-refractivity contribution is 0.203. The van der Waals surface area contributed by atoms with E-state index in [9.17, 15) is 4.79 Å². The van der Waals surface area contributed by atoms with Crippen LogP contribution in [-0.2, 0) is 6.54 Å².